The standard InChI is InChI=1S/C10H5F6NO2/c11-8(12)9(13,14)10(15,16)19-7-3-1-6(2-4-7)17-5-18/h1-4,8H. The molecule has 1 aromatic rings. The van der Waals surface area contributed by atoms with Crippen molar-refractivity contribution >= 4 is 11.8 Å². The highest BCUT2D eigenvalue weighted by molar-refractivity contribution is 5.50. The Bertz CT molecular complexity index is 481. The summed E-state index contributed by atoms with van der Waals surface area (Å²) < 4.78 is 77.9. The first kappa shape index (κ1) is 15.0. The predicted octanol–water partition coefficient (Wildman–Crippen LogP) is 3.53. The molecule has 104 valence electrons. The van der Waals surface area contributed by atoms with Crippen LogP contribution in [-0.4, -0.2) is 24.5 Å². The van der Waals surface area contributed by atoms with Gasteiger partial charge in [0.15, 0.2) is 0 Å². The Morgan fingerprint density at radius 3 is 2.05 bits per heavy atom. The Kier molecular flexibility index (Phi) is 4.21. The Morgan fingerprint density at radius 2 is 1.63 bits per heavy atom. The maximum atomic E-state index is 12.8. The first-order valence-corrected chi connectivity index (χ1v) is 4.61. The van der Waals surface area contributed by atoms with Crippen LogP contribution in [0.3, 0.4) is 0 Å². The minimum atomic E-state index is -5.63. The van der Waals surface area contributed by atoms with E-state index in [1.54, 1.807) is 0 Å². The van der Waals surface area contributed by atoms with Gasteiger partial charge in [-0.3, -0.25) is 0 Å². The minimum absolute atomic E-state index is 0.00582. The van der Waals surface area contributed by atoms with Gasteiger partial charge in [-0.05, 0) is 24.3 Å². The van der Waals surface area contributed by atoms with Gasteiger partial charge in [0.2, 0.25) is 6.08 Å². The van der Waals surface area contributed by atoms with Gasteiger partial charge in [-0.2, -0.15) is 22.6 Å². The van der Waals surface area contributed by atoms with Gasteiger partial charge in [-0.15, -0.1) is 0 Å². The summed E-state index contributed by atoms with van der Waals surface area (Å²) in [5.41, 5.74) is 0.00582. The second-order valence-electron chi connectivity index (χ2n) is 3.24. The predicted molar refractivity (Wildman–Crippen MR) is 50.7 cm³/mol. The number of aliphatic imine (C=N–C) groups is 1. The molecule has 19 heavy (non-hydrogen) atoms. The van der Waals surface area contributed by atoms with Crippen molar-refractivity contribution in [3.8, 4) is 5.75 Å². The monoisotopic (exact) mass is 285 g/mol. The van der Waals surface area contributed by atoms with Crippen molar-refractivity contribution in [3.05, 3.63) is 24.3 Å². The minimum Gasteiger partial charge on any atom is -0.428 e. The lowest BCUT2D eigenvalue weighted by atomic mass is 10.3. The third kappa shape index (κ3) is 3.25. The molecule has 0 unspecified atom stereocenters. The van der Waals surface area contributed by atoms with Crippen molar-refractivity contribution in [2.45, 2.75) is 18.5 Å². The van der Waals surface area contributed by atoms with Crippen LogP contribution < -0.4 is 4.74 Å². The maximum absolute atomic E-state index is 12.8. The first-order valence-electron chi connectivity index (χ1n) is 4.61. The molecule has 0 spiro atoms. The van der Waals surface area contributed by atoms with E-state index in [0.29, 0.717) is 0 Å². The summed E-state index contributed by atoms with van der Waals surface area (Å²) in [4.78, 5) is 13.0. The van der Waals surface area contributed by atoms with Gasteiger partial charge in [0.25, 0.3) is 0 Å². The molecule has 3 nitrogen and oxygen atoms in total. The molecule has 0 radical (unpaired) electrons. The summed E-state index contributed by atoms with van der Waals surface area (Å²) in [7, 11) is 0. The molecule has 0 heterocycles. The van der Waals surface area contributed by atoms with Crippen LogP contribution in [0.2, 0.25) is 0 Å². The number of benzene rings is 1. The highest BCUT2D eigenvalue weighted by Gasteiger charge is 2.66. The highest BCUT2D eigenvalue weighted by Crippen LogP contribution is 2.40. The Labute approximate surface area is 102 Å². The third-order valence-corrected chi connectivity index (χ3v) is 1.92. The molecule has 0 atom stereocenters. The summed E-state index contributed by atoms with van der Waals surface area (Å²) in [6.07, 6.45) is -8.80. The van der Waals surface area contributed by atoms with Gasteiger partial charge in [0, 0.05) is 0 Å². The van der Waals surface area contributed by atoms with Crippen LogP contribution in [0.4, 0.5) is 32.0 Å². The average molecular weight is 285 g/mol. The number of carbonyl (C=O) groups excluding carboxylic acids is 1. The zero-order valence-electron chi connectivity index (χ0n) is 8.92. The summed E-state index contributed by atoms with van der Waals surface area (Å²) in [6, 6.07) is 3.50. The fourth-order valence-electron chi connectivity index (χ4n) is 0.984. The smallest absolute Gasteiger partial charge is 0.428 e. The molecule has 0 bridgehead atoms. The Balaban J connectivity index is 2.92. The van der Waals surface area contributed by atoms with Crippen LogP contribution >= 0.6 is 0 Å². The number of rotatable bonds is 5. The average Bonchev–Trinajstić information content (AvgIpc) is 2.31. The molecular weight excluding hydrogens is 280 g/mol. The van der Waals surface area contributed by atoms with Crippen LogP contribution in [0.5, 0.6) is 5.75 Å². The van der Waals surface area contributed by atoms with Crippen molar-refractivity contribution in [2.24, 2.45) is 4.99 Å². The number of isocyanates is 1. The summed E-state index contributed by atoms with van der Waals surface area (Å²) in [5, 5.41) is 0. The van der Waals surface area contributed by atoms with Crippen molar-refractivity contribution < 1.29 is 35.9 Å². The quantitative estimate of drug-likeness (QED) is 0.471. The Morgan fingerprint density at radius 1 is 1.11 bits per heavy atom. The summed E-state index contributed by atoms with van der Waals surface area (Å²) >= 11 is 0. The van der Waals surface area contributed by atoms with Gasteiger partial charge in [0.05, 0.1) is 5.69 Å². The number of nitrogens with zero attached hydrogens (tertiary/aromatic N) is 1. The SMILES string of the molecule is O=C=Nc1ccc(OC(F)(F)C(F)(F)C(F)F)cc1. The topological polar surface area (TPSA) is 38.7 Å². The molecule has 9 heteroatoms. The van der Waals surface area contributed by atoms with Crippen LogP contribution in [-0.2, 0) is 4.79 Å². The third-order valence-electron chi connectivity index (χ3n) is 1.92. The highest BCUT2D eigenvalue weighted by atomic mass is 19.3. The van der Waals surface area contributed by atoms with E-state index >= 15 is 0 Å². The van der Waals surface area contributed by atoms with E-state index in [-0.39, 0.29) is 5.69 Å². The first-order chi connectivity index (χ1) is 8.70. The maximum Gasteiger partial charge on any atom is 0.470 e. The lowest BCUT2D eigenvalue weighted by molar-refractivity contribution is -0.342. The zero-order chi connectivity index (χ0) is 14.7. The number of alkyl halides is 6. The van der Waals surface area contributed by atoms with Crippen molar-refractivity contribution in [1.29, 1.82) is 0 Å². The lowest BCUT2D eigenvalue weighted by Gasteiger charge is -2.25. The van der Waals surface area contributed by atoms with Crippen molar-refractivity contribution in [3.63, 3.8) is 0 Å². The molecule has 0 amide bonds. The Hall–Kier alpha value is -2.02. The van der Waals surface area contributed by atoms with Gasteiger partial charge < -0.3 is 4.74 Å². The summed E-state index contributed by atoms with van der Waals surface area (Å²) in [5.74, 6) is -6.41. The zero-order valence-corrected chi connectivity index (χ0v) is 8.92. The normalized spacial score (nSPS) is 12.2. The van der Waals surface area contributed by atoms with Crippen molar-refractivity contribution in [1.82, 2.24) is 0 Å². The molecule has 1 aromatic carbocycles. The largest absolute Gasteiger partial charge is 0.470 e. The molecule has 0 aliphatic rings. The van der Waals surface area contributed by atoms with E-state index in [0.717, 1.165) is 30.3 Å². The van der Waals surface area contributed by atoms with Crippen molar-refractivity contribution in [2.75, 3.05) is 0 Å². The van der Waals surface area contributed by atoms with E-state index in [9.17, 15) is 31.1 Å². The van der Waals surface area contributed by atoms with Gasteiger partial charge >= 0.3 is 18.5 Å². The molecule has 0 aliphatic carbocycles. The molecule has 1 rings (SSSR count). The number of ether oxygens (including phenoxy) is 1. The second-order valence-corrected chi connectivity index (χ2v) is 3.24. The van der Waals surface area contributed by atoms with E-state index in [1.807, 2.05) is 0 Å². The fraction of sp³-hybridized carbons (Fsp3) is 0.300. The van der Waals surface area contributed by atoms with E-state index in [2.05, 4.69) is 9.73 Å². The van der Waals surface area contributed by atoms with E-state index < -0.39 is 24.2 Å². The van der Waals surface area contributed by atoms with E-state index in [4.69, 9.17) is 0 Å². The van der Waals surface area contributed by atoms with Crippen LogP contribution in [0, 0.1) is 0 Å². The molecule has 0 N–H and O–H groups in total. The van der Waals surface area contributed by atoms with Gasteiger partial charge in [0.1, 0.15) is 5.75 Å². The fourth-order valence-corrected chi connectivity index (χ4v) is 0.984. The van der Waals surface area contributed by atoms with Crippen LogP contribution in [0.15, 0.2) is 29.3 Å². The van der Waals surface area contributed by atoms with Gasteiger partial charge in [-0.25, -0.2) is 13.6 Å². The molecule has 0 aliphatic heterocycles. The molecule has 0 aromatic heterocycles. The molecular formula is C10H5F6NO2. The summed E-state index contributed by atoms with van der Waals surface area (Å²) in [6.45, 7) is 0. The van der Waals surface area contributed by atoms with Gasteiger partial charge in [-0.1, -0.05) is 0 Å². The van der Waals surface area contributed by atoms with Crippen LogP contribution in [0.1, 0.15) is 0 Å². The number of hydrogen-bond donors (Lipinski definition) is 0. The number of hydrogen-bond acceptors (Lipinski definition) is 3. The van der Waals surface area contributed by atoms with Crippen LogP contribution in [0.25, 0.3) is 0 Å². The molecule has 0 saturated heterocycles. The van der Waals surface area contributed by atoms with E-state index in [1.165, 1.54) is 0 Å². The molecule has 0 saturated carbocycles. The lowest BCUT2D eigenvalue weighted by Crippen LogP contribution is -2.50. The molecule has 0 fully saturated rings. The number of halogens is 6. The second kappa shape index (κ2) is 5.31.